The zero-order valence-corrected chi connectivity index (χ0v) is 10.2. The van der Waals surface area contributed by atoms with Crippen LogP contribution < -0.4 is 11.1 Å². The summed E-state index contributed by atoms with van der Waals surface area (Å²) < 4.78 is 26.3. The molecule has 1 rings (SSSR count). The van der Waals surface area contributed by atoms with E-state index in [1.54, 1.807) is 0 Å². The van der Waals surface area contributed by atoms with Crippen molar-refractivity contribution in [3.8, 4) is 0 Å². The van der Waals surface area contributed by atoms with Crippen LogP contribution in [0.4, 0.5) is 20.2 Å². The molecule has 0 aliphatic rings. The summed E-state index contributed by atoms with van der Waals surface area (Å²) in [6.45, 7) is -1.56. The normalized spacial score (nSPS) is 11.3. The standard InChI is InChI=1S/C9H10BrF2N3O2/c10-6-1-2-7(8(3-6)15(16)17)14-5-9(11,12)4-13/h1-3,14H,4-5,13H2. The van der Waals surface area contributed by atoms with Gasteiger partial charge in [0.25, 0.3) is 11.6 Å². The molecule has 0 aliphatic carbocycles. The van der Waals surface area contributed by atoms with Crippen molar-refractivity contribution >= 4 is 27.3 Å². The Morgan fingerprint density at radius 2 is 2.18 bits per heavy atom. The van der Waals surface area contributed by atoms with Gasteiger partial charge in [-0.2, -0.15) is 0 Å². The fourth-order valence-electron chi connectivity index (χ4n) is 1.10. The van der Waals surface area contributed by atoms with Crippen LogP contribution in [0.1, 0.15) is 0 Å². The van der Waals surface area contributed by atoms with E-state index < -0.39 is 23.9 Å². The number of nitrogens with two attached hydrogens (primary N) is 1. The van der Waals surface area contributed by atoms with E-state index in [0.29, 0.717) is 4.47 Å². The molecule has 1 aromatic rings. The molecule has 0 saturated heterocycles. The summed E-state index contributed by atoms with van der Waals surface area (Å²) in [4.78, 5) is 10.1. The van der Waals surface area contributed by atoms with Crippen LogP contribution in [-0.2, 0) is 0 Å². The van der Waals surface area contributed by atoms with Crippen molar-refractivity contribution in [2.24, 2.45) is 5.73 Å². The highest BCUT2D eigenvalue weighted by Gasteiger charge is 2.27. The molecule has 1 aromatic carbocycles. The number of halogens is 3. The summed E-state index contributed by atoms with van der Waals surface area (Å²) in [6, 6.07) is 4.12. The molecule has 3 N–H and O–H groups in total. The second-order valence-electron chi connectivity index (χ2n) is 3.33. The fourth-order valence-corrected chi connectivity index (χ4v) is 1.45. The number of rotatable bonds is 5. The van der Waals surface area contributed by atoms with E-state index in [-0.39, 0.29) is 11.4 Å². The van der Waals surface area contributed by atoms with Crippen LogP contribution in [-0.4, -0.2) is 23.9 Å². The Balaban J connectivity index is 2.88. The van der Waals surface area contributed by atoms with Crippen molar-refractivity contribution in [3.05, 3.63) is 32.8 Å². The molecule has 0 radical (unpaired) electrons. The SMILES string of the molecule is NCC(F)(F)CNc1ccc(Br)cc1[N+](=O)[O-]. The highest BCUT2D eigenvalue weighted by atomic mass is 79.9. The molecule has 5 nitrogen and oxygen atoms in total. The van der Waals surface area contributed by atoms with Crippen LogP contribution in [0.2, 0.25) is 0 Å². The first-order chi connectivity index (χ1) is 7.85. The predicted molar refractivity (Wildman–Crippen MR) is 63.3 cm³/mol. The Morgan fingerprint density at radius 1 is 1.53 bits per heavy atom. The average molecular weight is 310 g/mol. The molecular weight excluding hydrogens is 300 g/mol. The lowest BCUT2D eigenvalue weighted by Crippen LogP contribution is -2.35. The van der Waals surface area contributed by atoms with Gasteiger partial charge in [0.15, 0.2) is 0 Å². The van der Waals surface area contributed by atoms with E-state index in [4.69, 9.17) is 5.73 Å². The van der Waals surface area contributed by atoms with Gasteiger partial charge in [-0.25, -0.2) is 8.78 Å². The third kappa shape index (κ3) is 3.90. The highest BCUT2D eigenvalue weighted by Crippen LogP contribution is 2.28. The summed E-state index contributed by atoms with van der Waals surface area (Å²) in [5, 5.41) is 13.0. The Kier molecular flexibility index (Phi) is 4.35. The second-order valence-corrected chi connectivity index (χ2v) is 4.25. The molecule has 0 fully saturated rings. The Hall–Kier alpha value is -1.28. The van der Waals surface area contributed by atoms with E-state index in [1.807, 2.05) is 0 Å². The molecule has 0 saturated carbocycles. The summed E-state index contributed by atoms with van der Waals surface area (Å²) in [5.41, 5.74) is 4.62. The Labute approximate surface area is 104 Å². The number of nitro benzene ring substituents is 1. The number of nitrogens with one attached hydrogen (secondary N) is 1. The lowest BCUT2D eigenvalue weighted by atomic mass is 10.2. The lowest BCUT2D eigenvalue weighted by molar-refractivity contribution is -0.384. The number of hydrogen-bond acceptors (Lipinski definition) is 4. The first kappa shape index (κ1) is 13.8. The predicted octanol–water partition coefficient (Wildman–Crippen LogP) is 2.36. The molecule has 0 heterocycles. The van der Waals surface area contributed by atoms with Gasteiger partial charge >= 0.3 is 0 Å². The monoisotopic (exact) mass is 309 g/mol. The minimum absolute atomic E-state index is 0.0336. The van der Waals surface area contributed by atoms with Crippen LogP contribution >= 0.6 is 15.9 Å². The van der Waals surface area contributed by atoms with Gasteiger partial charge in [0.2, 0.25) is 0 Å². The molecule has 0 amide bonds. The van der Waals surface area contributed by atoms with Crippen molar-refractivity contribution in [1.82, 2.24) is 0 Å². The lowest BCUT2D eigenvalue weighted by Gasteiger charge is -2.15. The molecule has 0 atom stereocenters. The summed E-state index contributed by atoms with van der Waals surface area (Å²) in [6.07, 6.45) is 0. The number of nitro groups is 1. The molecule has 0 aromatic heterocycles. The first-order valence-corrected chi connectivity index (χ1v) is 5.41. The van der Waals surface area contributed by atoms with E-state index in [2.05, 4.69) is 21.2 Å². The molecule has 0 aliphatic heterocycles. The number of hydrogen-bond donors (Lipinski definition) is 2. The van der Waals surface area contributed by atoms with Crippen molar-refractivity contribution in [1.29, 1.82) is 0 Å². The van der Waals surface area contributed by atoms with Crippen molar-refractivity contribution < 1.29 is 13.7 Å². The van der Waals surface area contributed by atoms with Gasteiger partial charge in [-0.15, -0.1) is 0 Å². The summed E-state index contributed by atoms with van der Waals surface area (Å²) in [5.74, 6) is -3.10. The summed E-state index contributed by atoms with van der Waals surface area (Å²) in [7, 11) is 0. The van der Waals surface area contributed by atoms with Crippen LogP contribution in [0.3, 0.4) is 0 Å². The van der Waals surface area contributed by atoms with Gasteiger partial charge in [-0.1, -0.05) is 15.9 Å². The highest BCUT2D eigenvalue weighted by molar-refractivity contribution is 9.10. The second kappa shape index (κ2) is 5.37. The fraction of sp³-hybridized carbons (Fsp3) is 0.333. The molecular formula is C9H10BrF2N3O2. The number of anilines is 1. The first-order valence-electron chi connectivity index (χ1n) is 4.61. The van der Waals surface area contributed by atoms with Crippen LogP contribution in [0.15, 0.2) is 22.7 Å². The average Bonchev–Trinajstić information content (AvgIpc) is 2.27. The number of nitrogens with zero attached hydrogens (tertiary/aromatic N) is 1. The largest absolute Gasteiger partial charge is 0.373 e. The molecule has 0 unspecified atom stereocenters. The smallest absolute Gasteiger partial charge is 0.293 e. The maximum absolute atomic E-state index is 12.9. The molecule has 8 heteroatoms. The molecule has 0 bridgehead atoms. The number of alkyl halides is 2. The van der Waals surface area contributed by atoms with Gasteiger partial charge < -0.3 is 11.1 Å². The van der Waals surface area contributed by atoms with E-state index in [1.165, 1.54) is 18.2 Å². The molecule has 0 spiro atoms. The van der Waals surface area contributed by atoms with Gasteiger partial charge in [0, 0.05) is 10.5 Å². The maximum atomic E-state index is 12.9. The third-order valence-electron chi connectivity index (χ3n) is 1.99. The minimum atomic E-state index is -3.10. The minimum Gasteiger partial charge on any atom is -0.373 e. The quantitative estimate of drug-likeness (QED) is 0.646. The van der Waals surface area contributed by atoms with Crippen LogP contribution in [0, 0.1) is 10.1 Å². The van der Waals surface area contributed by atoms with Gasteiger partial charge in [-0.05, 0) is 12.1 Å². The maximum Gasteiger partial charge on any atom is 0.293 e. The third-order valence-corrected chi connectivity index (χ3v) is 2.49. The van der Waals surface area contributed by atoms with Crippen LogP contribution in [0.25, 0.3) is 0 Å². The Morgan fingerprint density at radius 3 is 2.71 bits per heavy atom. The van der Waals surface area contributed by atoms with Crippen molar-refractivity contribution in [2.75, 3.05) is 18.4 Å². The Bertz CT molecular complexity index is 429. The van der Waals surface area contributed by atoms with E-state index >= 15 is 0 Å². The molecule has 17 heavy (non-hydrogen) atoms. The van der Waals surface area contributed by atoms with E-state index in [9.17, 15) is 18.9 Å². The van der Waals surface area contributed by atoms with Crippen LogP contribution in [0.5, 0.6) is 0 Å². The molecule has 94 valence electrons. The topological polar surface area (TPSA) is 81.2 Å². The summed E-state index contributed by atoms with van der Waals surface area (Å²) >= 11 is 3.07. The zero-order chi connectivity index (χ0) is 13.1. The van der Waals surface area contributed by atoms with Crippen molar-refractivity contribution in [3.63, 3.8) is 0 Å². The van der Waals surface area contributed by atoms with E-state index in [0.717, 1.165) is 0 Å². The van der Waals surface area contributed by atoms with Gasteiger partial charge in [0.1, 0.15) is 5.69 Å². The van der Waals surface area contributed by atoms with Crippen molar-refractivity contribution in [2.45, 2.75) is 5.92 Å². The van der Waals surface area contributed by atoms with Gasteiger partial charge in [0.05, 0.1) is 18.0 Å². The zero-order valence-electron chi connectivity index (χ0n) is 8.62. The number of benzene rings is 1. The van der Waals surface area contributed by atoms with Gasteiger partial charge in [-0.3, -0.25) is 10.1 Å².